The van der Waals surface area contributed by atoms with E-state index >= 15 is 0 Å². The predicted octanol–water partition coefficient (Wildman–Crippen LogP) is 2.57. The number of amides is 1. The summed E-state index contributed by atoms with van der Waals surface area (Å²) in [4.78, 5) is 13.9. The van der Waals surface area contributed by atoms with Gasteiger partial charge in [-0.25, -0.2) is 0 Å². The van der Waals surface area contributed by atoms with Gasteiger partial charge in [-0.3, -0.25) is 4.79 Å². The molecule has 1 heterocycles. The number of benzene rings is 1. The molecule has 1 aromatic carbocycles. The van der Waals surface area contributed by atoms with Crippen LogP contribution in [-0.4, -0.2) is 37.1 Å². The standard InChI is InChI=1S/C11H11BrClNO2/c12-9-3-1-2-8(10(9)13)11(15)14-4-6-16-7-5-14/h1-3H,4-7H2. The zero-order valence-corrected chi connectivity index (χ0v) is 10.9. The first-order valence-electron chi connectivity index (χ1n) is 5.01. The molecule has 0 aliphatic carbocycles. The summed E-state index contributed by atoms with van der Waals surface area (Å²) in [7, 11) is 0. The summed E-state index contributed by atoms with van der Waals surface area (Å²) in [6, 6.07) is 5.37. The fraction of sp³-hybridized carbons (Fsp3) is 0.364. The third-order valence-corrected chi connectivity index (χ3v) is 3.78. The lowest BCUT2D eigenvalue weighted by Crippen LogP contribution is -2.40. The topological polar surface area (TPSA) is 29.5 Å². The minimum Gasteiger partial charge on any atom is -0.378 e. The van der Waals surface area contributed by atoms with Gasteiger partial charge in [0.25, 0.3) is 5.91 Å². The Bertz CT molecular complexity index is 405. The van der Waals surface area contributed by atoms with Crippen LogP contribution in [0.15, 0.2) is 22.7 Å². The fourth-order valence-corrected chi connectivity index (χ4v) is 2.18. The molecule has 0 unspecified atom stereocenters. The number of hydrogen-bond acceptors (Lipinski definition) is 2. The normalized spacial score (nSPS) is 16.2. The van der Waals surface area contributed by atoms with Crippen LogP contribution < -0.4 is 0 Å². The van der Waals surface area contributed by atoms with Crippen LogP contribution in [0.3, 0.4) is 0 Å². The van der Waals surface area contributed by atoms with Crippen molar-refractivity contribution in [2.24, 2.45) is 0 Å². The Morgan fingerprint density at radius 3 is 2.75 bits per heavy atom. The molecule has 1 aromatic rings. The van der Waals surface area contributed by atoms with E-state index in [0.29, 0.717) is 36.9 Å². The summed E-state index contributed by atoms with van der Waals surface area (Å²) in [5.74, 6) is -0.0328. The Morgan fingerprint density at radius 1 is 1.38 bits per heavy atom. The van der Waals surface area contributed by atoms with E-state index in [0.717, 1.165) is 4.47 Å². The van der Waals surface area contributed by atoms with Gasteiger partial charge in [-0.2, -0.15) is 0 Å². The molecule has 0 spiro atoms. The van der Waals surface area contributed by atoms with Crippen molar-refractivity contribution in [3.63, 3.8) is 0 Å². The highest BCUT2D eigenvalue weighted by Crippen LogP contribution is 2.27. The minimum atomic E-state index is -0.0328. The molecule has 0 saturated carbocycles. The Labute approximate surface area is 107 Å². The molecule has 1 aliphatic heterocycles. The molecule has 3 nitrogen and oxygen atoms in total. The Morgan fingerprint density at radius 2 is 2.06 bits per heavy atom. The summed E-state index contributed by atoms with van der Waals surface area (Å²) < 4.78 is 5.95. The van der Waals surface area contributed by atoms with Crippen LogP contribution in [0, 0.1) is 0 Å². The van der Waals surface area contributed by atoms with E-state index in [9.17, 15) is 4.79 Å². The van der Waals surface area contributed by atoms with Crippen LogP contribution in [-0.2, 0) is 4.74 Å². The lowest BCUT2D eigenvalue weighted by molar-refractivity contribution is 0.0303. The average molecular weight is 305 g/mol. The van der Waals surface area contributed by atoms with E-state index < -0.39 is 0 Å². The molecule has 86 valence electrons. The Kier molecular flexibility index (Phi) is 3.84. The summed E-state index contributed by atoms with van der Waals surface area (Å²) in [6.45, 7) is 2.44. The number of carbonyl (C=O) groups is 1. The molecule has 16 heavy (non-hydrogen) atoms. The predicted molar refractivity (Wildman–Crippen MR) is 65.9 cm³/mol. The van der Waals surface area contributed by atoms with Gasteiger partial charge in [0.1, 0.15) is 0 Å². The molecule has 5 heteroatoms. The van der Waals surface area contributed by atoms with Crippen LogP contribution in [0.2, 0.25) is 5.02 Å². The van der Waals surface area contributed by atoms with Gasteiger partial charge >= 0.3 is 0 Å². The monoisotopic (exact) mass is 303 g/mol. The maximum atomic E-state index is 12.1. The SMILES string of the molecule is O=C(c1cccc(Br)c1Cl)N1CCOCC1. The molecule has 2 rings (SSSR count). The average Bonchev–Trinajstić information content (AvgIpc) is 2.33. The van der Waals surface area contributed by atoms with E-state index in [2.05, 4.69) is 15.9 Å². The molecule has 0 bridgehead atoms. The molecular formula is C11H11BrClNO2. The van der Waals surface area contributed by atoms with E-state index in [-0.39, 0.29) is 5.91 Å². The van der Waals surface area contributed by atoms with E-state index in [1.54, 1.807) is 11.0 Å². The van der Waals surface area contributed by atoms with Gasteiger partial charge in [0, 0.05) is 17.6 Å². The molecule has 0 N–H and O–H groups in total. The number of rotatable bonds is 1. The summed E-state index contributed by atoms with van der Waals surface area (Å²) in [5.41, 5.74) is 0.540. The number of ether oxygens (including phenoxy) is 1. The summed E-state index contributed by atoms with van der Waals surface area (Å²) in [6.07, 6.45) is 0. The van der Waals surface area contributed by atoms with Crippen LogP contribution >= 0.6 is 27.5 Å². The Balaban J connectivity index is 2.22. The molecular weight excluding hydrogens is 293 g/mol. The highest BCUT2D eigenvalue weighted by molar-refractivity contribution is 9.10. The zero-order chi connectivity index (χ0) is 11.5. The fourth-order valence-electron chi connectivity index (χ4n) is 1.61. The smallest absolute Gasteiger partial charge is 0.255 e. The van der Waals surface area contributed by atoms with Crippen molar-refractivity contribution in [3.8, 4) is 0 Å². The third-order valence-electron chi connectivity index (χ3n) is 2.48. The van der Waals surface area contributed by atoms with Gasteiger partial charge in [-0.1, -0.05) is 17.7 Å². The number of halogens is 2. The van der Waals surface area contributed by atoms with Crippen molar-refractivity contribution in [1.82, 2.24) is 4.90 Å². The number of nitrogens with zero attached hydrogens (tertiary/aromatic N) is 1. The van der Waals surface area contributed by atoms with Gasteiger partial charge < -0.3 is 9.64 Å². The van der Waals surface area contributed by atoms with Crippen LogP contribution in [0.1, 0.15) is 10.4 Å². The first-order valence-corrected chi connectivity index (χ1v) is 6.18. The lowest BCUT2D eigenvalue weighted by Gasteiger charge is -2.27. The maximum absolute atomic E-state index is 12.1. The van der Waals surface area contributed by atoms with Crippen LogP contribution in [0.25, 0.3) is 0 Å². The van der Waals surface area contributed by atoms with Crippen molar-refractivity contribution in [3.05, 3.63) is 33.3 Å². The Hall–Kier alpha value is -0.580. The van der Waals surface area contributed by atoms with Crippen molar-refractivity contribution >= 4 is 33.4 Å². The van der Waals surface area contributed by atoms with Crippen molar-refractivity contribution in [2.45, 2.75) is 0 Å². The van der Waals surface area contributed by atoms with Crippen LogP contribution in [0.4, 0.5) is 0 Å². The number of hydrogen-bond donors (Lipinski definition) is 0. The summed E-state index contributed by atoms with van der Waals surface area (Å²) >= 11 is 9.39. The maximum Gasteiger partial charge on any atom is 0.255 e. The van der Waals surface area contributed by atoms with Crippen molar-refractivity contribution in [2.75, 3.05) is 26.3 Å². The third kappa shape index (κ3) is 2.39. The van der Waals surface area contributed by atoms with Gasteiger partial charge in [-0.05, 0) is 28.1 Å². The van der Waals surface area contributed by atoms with Crippen molar-refractivity contribution < 1.29 is 9.53 Å². The zero-order valence-electron chi connectivity index (χ0n) is 8.58. The number of morpholine rings is 1. The molecule has 0 atom stereocenters. The van der Waals surface area contributed by atoms with Gasteiger partial charge in [0.15, 0.2) is 0 Å². The highest BCUT2D eigenvalue weighted by Gasteiger charge is 2.21. The van der Waals surface area contributed by atoms with E-state index in [1.165, 1.54) is 0 Å². The second-order valence-electron chi connectivity index (χ2n) is 3.51. The lowest BCUT2D eigenvalue weighted by atomic mass is 10.2. The molecule has 0 aromatic heterocycles. The van der Waals surface area contributed by atoms with Gasteiger partial charge in [-0.15, -0.1) is 0 Å². The van der Waals surface area contributed by atoms with Crippen molar-refractivity contribution in [1.29, 1.82) is 0 Å². The first-order chi connectivity index (χ1) is 7.70. The first kappa shape index (κ1) is 11.9. The quantitative estimate of drug-likeness (QED) is 0.798. The molecule has 1 fully saturated rings. The minimum absolute atomic E-state index is 0.0328. The molecule has 0 radical (unpaired) electrons. The second kappa shape index (κ2) is 5.17. The molecule has 1 amide bonds. The number of carbonyl (C=O) groups excluding carboxylic acids is 1. The molecule has 1 saturated heterocycles. The highest BCUT2D eigenvalue weighted by atomic mass is 79.9. The molecule has 1 aliphatic rings. The van der Waals surface area contributed by atoms with Gasteiger partial charge in [0.2, 0.25) is 0 Å². The second-order valence-corrected chi connectivity index (χ2v) is 4.74. The summed E-state index contributed by atoms with van der Waals surface area (Å²) in [5, 5.41) is 0.471. The van der Waals surface area contributed by atoms with Gasteiger partial charge in [0.05, 0.1) is 23.8 Å². The van der Waals surface area contributed by atoms with E-state index in [4.69, 9.17) is 16.3 Å². The van der Waals surface area contributed by atoms with Crippen LogP contribution in [0.5, 0.6) is 0 Å². The van der Waals surface area contributed by atoms with E-state index in [1.807, 2.05) is 12.1 Å². The largest absolute Gasteiger partial charge is 0.378 e.